The van der Waals surface area contributed by atoms with E-state index in [1.54, 1.807) is 14.2 Å². The fourth-order valence-electron chi connectivity index (χ4n) is 2.47. The summed E-state index contributed by atoms with van der Waals surface area (Å²) in [5.74, 6) is 0.746. The quantitative estimate of drug-likeness (QED) is 0.783. The molecule has 5 nitrogen and oxygen atoms in total. The number of nitrogens with one attached hydrogen (secondary N) is 2. The molecule has 2 N–H and O–H groups in total. The van der Waals surface area contributed by atoms with E-state index in [0.29, 0.717) is 13.1 Å². The van der Waals surface area contributed by atoms with Crippen LogP contribution >= 0.6 is 0 Å². The lowest BCUT2D eigenvalue weighted by Gasteiger charge is -2.19. The van der Waals surface area contributed by atoms with Crippen LogP contribution in [-0.2, 0) is 11.2 Å². The van der Waals surface area contributed by atoms with Crippen LogP contribution in [0.1, 0.15) is 17.2 Å². The number of rotatable bonds is 8. The van der Waals surface area contributed by atoms with Crippen LogP contribution in [0, 0.1) is 0 Å². The summed E-state index contributed by atoms with van der Waals surface area (Å²) in [6.07, 6.45) is 0.537. The zero-order valence-corrected chi connectivity index (χ0v) is 14.1. The van der Waals surface area contributed by atoms with Crippen molar-refractivity contribution in [2.75, 3.05) is 27.3 Å². The van der Waals surface area contributed by atoms with E-state index in [0.717, 1.165) is 17.7 Å². The maximum atomic E-state index is 11.9. The summed E-state index contributed by atoms with van der Waals surface area (Å²) in [6, 6.07) is 17.5. The molecule has 0 aliphatic heterocycles. The van der Waals surface area contributed by atoms with Gasteiger partial charge in [-0.15, -0.1) is 0 Å². The van der Waals surface area contributed by atoms with E-state index in [-0.39, 0.29) is 12.1 Å². The Hall–Kier alpha value is -2.53. The normalized spacial score (nSPS) is 11.6. The van der Waals surface area contributed by atoms with Gasteiger partial charge in [0.1, 0.15) is 11.9 Å². The Morgan fingerprint density at radius 1 is 1.00 bits per heavy atom. The molecule has 128 valence electrons. The zero-order valence-electron chi connectivity index (χ0n) is 14.1. The van der Waals surface area contributed by atoms with E-state index < -0.39 is 0 Å². The second-order valence-electron chi connectivity index (χ2n) is 5.34. The SMILES string of the molecule is COc1ccccc1C(CNC(=O)NCCc1ccccc1)OC. The van der Waals surface area contributed by atoms with Crippen molar-refractivity contribution in [2.24, 2.45) is 0 Å². The summed E-state index contributed by atoms with van der Waals surface area (Å²) in [5.41, 5.74) is 2.11. The van der Waals surface area contributed by atoms with E-state index in [2.05, 4.69) is 10.6 Å². The van der Waals surface area contributed by atoms with Crippen molar-refractivity contribution in [1.82, 2.24) is 10.6 Å². The average molecular weight is 328 g/mol. The Bertz CT molecular complexity index is 632. The van der Waals surface area contributed by atoms with E-state index in [1.807, 2.05) is 54.6 Å². The highest BCUT2D eigenvalue weighted by molar-refractivity contribution is 5.73. The molecular formula is C19H24N2O3. The molecule has 24 heavy (non-hydrogen) atoms. The van der Waals surface area contributed by atoms with Gasteiger partial charge in [-0.3, -0.25) is 0 Å². The van der Waals surface area contributed by atoms with Gasteiger partial charge < -0.3 is 20.1 Å². The van der Waals surface area contributed by atoms with E-state index in [1.165, 1.54) is 5.56 Å². The fourth-order valence-corrected chi connectivity index (χ4v) is 2.47. The molecule has 2 amide bonds. The van der Waals surface area contributed by atoms with Gasteiger partial charge in [-0.2, -0.15) is 0 Å². The van der Waals surface area contributed by atoms with Crippen LogP contribution in [-0.4, -0.2) is 33.3 Å². The molecule has 2 aromatic rings. The monoisotopic (exact) mass is 328 g/mol. The smallest absolute Gasteiger partial charge is 0.314 e. The highest BCUT2D eigenvalue weighted by atomic mass is 16.5. The second-order valence-corrected chi connectivity index (χ2v) is 5.34. The van der Waals surface area contributed by atoms with Gasteiger partial charge in [0.2, 0.25) is 0 Å². The Kier molecular flexibility index (Phi) is 7.11. The number of hydrogen-bond donors (Lipinski definition) is 2. The lowest BCUT2D eigenvalue weighted by Crippen LogP contribution is -2.39. The Balaban J connectivity index is 1.79. The molecule has 1 unspecified atom stereocenters. The van der Waals surface area contributed by atoms with Crippen molar-refractivity contribution in [2.45, 2.75) is 12.5 Å². The van der Waals surface area contributed by atoms with E-state index in [9.17, 15) is 4.79 Å². The minimum absolute atomic E-state index is 0.206. The largest absolute Gasteiger partial charge is 0.496 e. The zero-order chi connectivity index (χ0) is 17.2. The standard InChI is InChI=1S/C19H24N2O3/c1-23-17-11-7-6-10-16(17)18(24-2)14-21-19(22)20-13-12-15-8-4-3-5-9-15/h3-11,18H,12-14H2,1-2H3,(H2,20,21,22). The first-order chi connectivity index (χ1) is 11.7. The molecule has 0 radical (unpaired) electrons. The Morgan fingerprint density at radius 3 is 2.42 bits per heavy atom. The van der Waals surface area contributed by atoms with Crippen LogP contribution in [0.3, 0.4) is 0 Å². The summed E-state index contributed by atoms with van der Waals surface area (Å²) >= 11 is 0. The van der Waals surface area contributed by atoms with Gasteiger partial charge in [-0.05, 0) is 18.1 Å². The molecule has 2 rings (SSSR count). The first-order valence-corrected chi connectivity index (χ1v) is 7.96. The minimum Gasteiger partial charge on any atom is -0.496 e. The third-order valence-corrected chi connectivity index (χ3v) is 3.76. The van der Waals surface area contributed by atoms with Gasteiger partial charge >= 0.3 is 6.03 Å². The van der Waals surface area contributed by atoms with E-state index >= 15 is 0 Å². The number of para-hydroxylation sites is 1. The lowest BCUT2D eigenvalue weighted by molar-refractivity contribution is 0.101. The Morgan fingerprint density at radius 2 is 1.71 bits per heavy atom. The average Bonchev–Trinajstić information content (AvgIpc) is 2.63. The summed E-state index contributed by atoms with van der Waals surface area (Å²) in [4.78, 5) is 11.9. The molecule has 0 aliphatic carbocycles. The number of ether oxygens (including phenoxy) is 2. The second kappa shape index (κ2) is 9.57. The third-order valence-electron chi connectivity index (χ3n) is 3.76. The number of hydrogen-bond acceptors (Lipinski definition) is 3. The van der Waals surface area contributed by atoms with Crippen LogP contribution in [0.2, 0.25) is 0 Å². The van der Waals surface area contributed by atoms with Gasteiger partial charge in [-0.25, -0.2) is 4.79 Å². The molecule has 0 saturated heterocycles. The molecule has 0 heterocycles. The van der Waals surface area contributed by atoms with Crippen LogP contribution in [0.25, 0.3) is 0 Å². The molecule has 0 aliphatic rings. The van der Waals surface area contributed by atoms with Crippen molar-refractivity contribution in [3.05, 3.63) is 65.7 Å². The Labute approximate surface area is 143 Å². The molecule has 2 aromatic carbocycles. The number of urea groups is 1. The first-order valence-electron chi connectivity index (χ1n) is 7.96. The van der Waals surface area contributed by atoms with Gasteiger partial charge in [0.25, 0.3) is 0 Å². The van der Waals surface area contributed by atoms with E-state index in [4.69, 9.17) is 9.47 Å². The number of carbonyl (C=O) groups excluding carboxylic acids is 1. The highest BCUT2D eigenvalue weighted by Gasteiger charge is 2.16. The van der Waals surface area contributed by atoms with Crippen LogP contribution in [0.5, 0.6) is 5.75 Å². The molecule has 0 fully saturated rings. The van der Waals surface area contributed by atoms with Gasteiger partial charge in [-0.1, -0.05) is 48.5 Å². The number of carbonyl (C=O) groups is 1. The molecular weight excluding hydrogens is 304 g/mol. The van der Waals surface area contributed by atoms with Crippen molar-refractivity contribution in [3.63, 3.8) is 0 Å². The topological polar surface area (TPSA) is 59.6 Å². The van der Waals surface area contributed by atoms with Crippen molar-refractivity contribution in [1.29, 1.82) is 0 Å². The maximum Gasteiger partial charge on any atom is 0.314 e. The molecule has 0 spiro atoms. The molecule has 1 atom stereocenters. The predicted molar refractivity (Wildman–Crippen MR) is 94.3 cm³/mol. The highest BCUT2D eigenvalue weighted by Crippen LogP contribution is 2.26. The molecule has 0 aromatic heterocycles. The summed E-state index contributed by atoms with van der Waals surface area (Å²) in [7, 11) is 3.24. The summed E-state index contributed by atoms with van der Waals surface area (Å²) < 4.78 is 10.8. The number of amides is 2. The van der Waals surface area contributed by atoms with Crippen molar-refractivity contribution < 1.29 is 14.3 Å². The summed E-state index contributed by atoms with van der Waals surface area (Å²) in [6.45, 7) is 0.955. The lowest BCUT2D eigenvalue weighted by atomic mass is 10.1. The minimum atomic E-state index is -0.263. The fraction of sp³-hybridized carbons (Fsp3) is 0.316. The van der Waals surface area contributed by atoms with Crippen LogP contribution < -0.4 is 15.4 Å². The first kappa shape index (κ1) is 17.8. The molecule has 5 heteroatoms. The van der Waals surface area contributed by atoms with Gasteiger partial charge in [0, 0.05) is 25.8 Å². The number of benzene rings is 2. The predicted octanol–water partition coefficient (Wildman–Crippen LogP) is 2.92. The van der Waals surface area contributed by atoms with Gasteiger partial charge in [0.15, 0.2) is 0 Å². The summed E-state index contributed by atoms with van der Waals surface area (Å²) in [5, 5.41) is 5.69. The van der Waals surface area contributed by atoms with Gasteiger partial charge in [0.05, 0.1) is 7.11 Å². The van der Waals surface area contributed by atoms with Crippen molar-refractivity contribution in [3.8, 4) is 5.75 Å². The third kappa shape index (κ3) is 5.28. The maximum absolute atomic E-state index is 11.9. The van der Waals surface area contributed by atoms with Crippen molar-refractivity contribution >= 4 is 6.03 Å². The van der Waals surface area contributed by atoms with Crippen LogP contribution in [0.15, 0.2) is 54.6 Å². The van der Waals surface area contributed by atoms with Crippen LogP contribution in [0.4, 0.5) is 4.79 Å². The molecule has 0 bridgehead atoms. The number of methoxy groups -OCH3 is 2. The molecule has 0 saturated carbocycles.